The molecule has 0 atom stereocenters. The molecule has 0 aliphatic carbocycles. The second-order valence-electron chi connectivity index (χ2n) is 1.43. The Kier molecular flexibility index (Phi) is 5.39. The van der Waals surface area contributed by atoms with Crippen molar-refractivity contribution >= 4 is 31.9 Å². The van der Waals surface area contributed by atoms with E-state index in [-0.39, 0.29) is 5.83 Å². The SMILES string of the molecule is CCC=C(F)C=C(Br)Br. The largest absolute Gasteiger partial charge is 0.207 e. The molecule has 0 unspecified atom stereocenters. The maximum Gasteiger partial charge on any atom is 0.120 e. The van der Waals surface area contributed by atoms with Crippen LogP contribution in [0, 0.1) is 0 Å². The summed E-state index contributed by atoms with van der Waals surface area (Å²) in [5, 5.41) is 0. The monoisotopic (exact) mass is 256 g/mol. The molecular weight excluding hydrogens is 251 g/mol. The van der Waals surface area contributed by atoms with Crippen molar-refractivity contribution in [3.8, 4) is 0 Å². The van der Waals surface area contributed by atoms with Gasteiger partial charge >= 0.3 is 0 Å². The first-order valence-electron chi connectivity index (χ1n) is 2.55. The quantitative estimate of drug-likeness (QED) is 0.659. The lowest BCUT2D eigenvalue weighted by molar-refractivity contribution is 0.661. The van der Waals surface area contributed by atoms with Crippen LogP contribution in [0.15, 0.2) is 21.4 Å². The molecule has 0 nitrogen and oxygen atoms in total. The fourth-order valence-electron chi connectivity index (χ4n) is 0.358. The van der Waals surface area contributed by atoms with Gasteiger partial charge in [-0.2, -0.15) is 0 Å². The van der Waals surface area contributed by atoms with Gasteiger partial charge in [-0.3, -0.25) is 0 Å². The molecule has 0 aromatic heterocycles. The number of hydrogen-bond acceptors (Lipinski definition) is 0. The molecule has 0 saturated heterocycles. The lowest BCUT2D eigenvalue weighted by Crippen LogP contribution is -1.63. The van der Waals surface area contributed by atoms with Gasteiger partial charge in [0.2, 0.25) is 0 Å². The summed E-state index contributed by atoms with van der Waals surface area (Å²) in [4.78, 5) is 0. The average molecular weight is 258 g/mol. The highest BCUT2D eigenvalue weighted by Gasteiger charge is 1.87. The lowest BCUT2D eigenvalue weighted by Gasteiger charge is -1.84. The molecule has 0 amide bonds. The van der Waals surface area contributed by atoms with Crippen LogP contribution >= 0.6 is 31.9 Å². The maximum absolute atomic E-state index is 12.4. The molecule has 0 aromatic rings. The highest BCUT2D eigenvalue weighted by Crippen LogP contribution is 2.16. The smallest absolute Gasteiger partial charge is 0.120 e. The molecule has 0 aliphatic heterocycles. The number of hydrogen-bond donors (Lipinski definition) is 0. The summed E-state index contributed by atoms with van der Waals surface area (Å²) in [5.74, 6) is -0.221. The molecule has 3 heteroatoms. The molecular formula is C6H7Br2F. The minimum Gasteiger partial charge on any atom is -0.207 e. The predicted octanol–water partition coefficient (Wildman–Crippen LogP) is 3.88. The molecule has 0 fully saturated rings. The van der Waals surface area contributed by atoms with Crippen molar-refractivity contribution in [1.82, 2.24) is 0 Å². The van der Waals surface area contributed by atoms with Crippen LogP contribution in [-0.2, 0) is 0 Å². The normalized spacial score (nSPS) is 11.3. The van der Waals surface area contributed by atoms with Crippen molar-refractivity contribution in [1.29, 1.82) is 0 Å². The molecule has 0 aromatic carbocycles. The molecule has 0 radical (unpaired) electrons. The Morgan fingerprint density at radius 3 is 2.44 bits per heavy atom. The fraction of sp³-hybridized carbons (Fsp3) is 0.333. The second-order valence-corrected chi connectivity index (χ2v) is 4.20. The third kappa shape index (κ3) is 6.25. The first-order chi connectivity index (χ1) is 4.16. The summed E-state index contributed by atoms with van der Waals surface area (Å²) >= 11 is 6.08. The van der Waals surface area contributed by atoms with Gasteiger partial charge in [0.25, 0.3) is 0 Å². The van der Waals surface area contributed by atoms with Crippen LogP contribution in [0.25, 0.3) is 0 Å². The zero-order valence-corrected chi connectivity index (χ0v) is 8.17. The van der Waals surface area contributed by atoms with E-state index in [1.165, 1.54) is 12.2 Å². The van der Waals surface area contributed by atoms with E-state index in [1.54, 1.807) is 0 Å². The summed E-state index contributed by atoms with van der Waals surface area (Å²) in [7, 11) is 0. The van der Waals surface area contributed by atoms with E-state index < -0.39 is 0 Å². The van der Waals surface area contributed by atoms with Crippen LogP contribution in [0.1, 0.15) is 13.3 Å². The van der Waals surface area contributed by atoms with Crippen LogP contribution in [0.3, 0.4) is 0 Å². The minimum absolute atomic E-state index is 0.221. The van der Waals surface area contributed by atoms with Gasteiger partial charge in [0.05, 0.1) is 3.39 Å². The van der Waals surface area contributed by atoms with Gasteiger partial charge in [-0.25, -0.2) is 4.39 Å². The molecule has 52 valence electrons. The van der Waals surface area contributed by atoms with Gasteiger partial charge in [0, 0.05) is 0 Å². The van der Waals surface area contributed by atoms with E-state index in [2.05, 4.69) is 31.9 Å². The number of halogens is 3. The summed E-state index contributed by atoms with van der Waals surface area (Å²) in [6, 6.07) is 0. The molecule has 0 bridgehead atoms. The lowest BCUT2D eigenvalue weighted by atomic mass is 10.4. The number of rotatable bonds is 2. The van der Waals surface area contributed by atoms with Crippen molar-refractivity contribution in [3.05, 3.63) is 21.4 Å². The maximum atomic E-state index is 12.4. The molecule has 0 aliphatic rings. The highest BCUT2D eigenvalue weighted by atomic mass is 79.9. The predicted molar refractivity (Wildman–Crippen MR) is 45.4 cm³/mol. The van der Waals surface area contributed by atoms with Crippen LogP contribution in [-0.4, -0.2) is 0 Å². The van der Waals surface area contributed by atoms with Gasteiger partial charge in [0.15, 0.2) is 0 Å². The third-order valence-electron chi connectivity index (χ3n) is 0.646. The summed E-state index contributed by atoms with van der Waals surface area (Å²) in [6.45, 7) is 1.88. The van der Waals surface area contributed by atoms with E-state index in [0.717, 1.165) is 6.42 Å². The zero-order valence-electron chi connectivity index (χ0n) is 5.00. The summed E-state index contributed by atoms with van der Waals surface area (Å²) in [6.07, 6.45) is 3.58. The van der Waals surface area contributed by atoms with Gasteiger partial charge in [-0.1, -0.05) is 6.92 Å². The Morgan fingerprint density at radius 2 is 2.11 bits per heavy atom. The summed E-state index contributed by atoms with van der Waals surface area (Å²) < 4.78 is 13.0. The van der Waals surface area contributed by atoms with E-state index in [4.69, 9.17) is 0 Å². The Bertz CT molecular complexity index is 134. The average Bonchev–Trinajstić information content (AvgIpc) is 1.63. The standard InChI is InChI=1S/C6H7Br2F/c1-2-3-5(9)4-6(7)8/h3-4H,2H2,1H3. The van der Waals surface area contributed by atoms with Crippen LogP contribution in [0.4, 0.5) is 4.39 Å². The van der Waals surface area contributed by atoms with Gasteiger partial charge in [-0.05, 0) is 50.4 Å². The van der Waals surface area contributed by atoms with Crippen molar-refractivity contribution in [2.24, 2.45) is 0 Å². The van der Waals surface area contributed by atoms with Crippen molar-refractivity contribution in [2.45, 2.75) is 13.3 Å². The topological polar surface area (TPSA) is 0 Å². The van der Waals surface area contributed by atoms with Crippen molar-refractivity contribution in [2.75, 3.05) is 0 Å². The third-order valence-corrected chi connectivity index (χ3v) is 1.10. The first-order valence-corrected chi connectivity index (χ1v) is 4.13. The van der Waals surface area contributed by atoms with E-state index in [9.17, 15) is 4.39 Å². The second kappa shape index (κ2) is 5.18. The molecule has 0 rings (SSSR count). The van der Waals surface area contributed by atoms with Gasteiger partial charge in [-0.15, -0.1) is 0 Å². The van der Waals surface area contributed by atoms with Crippen LogP contribution in [0.2, 0.25) is 0 Å². The van der Waals surface area contributed by atoms with E-state index >= 15 is 0 Å². The highest BCUT2D eigenvalue weighted by molar-refractivity contribution is 9.28. The van der Waals surface area contributed by atoms with Gasteiger partial charge in [0.1, 0.15) is 5.83 Å². The van der Waals surface area contributed by atoms with Gasteiger partial charge < -0.3 is 0 Å². The van der Waals surface area contributed by atoms with Crippen LogP contribution < -0.4 is 0 Å². The Hall–Kier alpha value is 0.370. The fourth-order valence-corrected chi connectivity index (χ4v) is 0.796. The Morgan fingerprint density at radius 1 is 1.56 bits per heavy atom. The molecule has 0 spiro atoms. The number of allylic oxidation sites excluding steroid dienone is 3. The van der Waals surface area contributed by atoms with E-state index in [1.807, 2.05) is 6.92 Å². The summed E-state index contributed by atoms with van der Waals surface area (Å²) in [5.41, 5.74) is 0. The molecule has 0 saturated carbocycles. The van der Waals surface area contributed by atoms with Crippen molar-refractivity contribution < 1.29 is 4.39 Å². The van der Waals surface area contributed by atoms with Crippen LogP contribution in [0.5, 0.6) is 0 Å². The minimum atomic E-state index is -0.221. The zero-order chi connectivity index (χ0) is 7.28. The Balaban J connectivity index is 3.90. The molecule has 9 heavy (non-hydrogen) atoms. The molecule has 0 heterocycles. The Labute approximate surface area is 71.1 Å². The molecule has 0 N–H and O–H groups in total. The first kappa shape index (κ1) is 9.37. The van der Waals surface area contributed by atoms with E-state index in [0.29, 0.717) is 3.39 Å². The van der Waals surface area contributed by atoms with Crippen molar-refractivity contribution in [3.63, 3.8) is 0 Å².